The molecule has 8 heteroatoms. The third kappa shape index (κ3) is 4.15. The molecule has 0 fully saturated rings. The number of ether oxygens (including phenoxy) is 1. The lowest BCUT2D eigenvalue weighted by molar-refractivity contribution is -0.140. The molecule has 0 saturated carbocycles. The molecule has 0 bridgehead atoms. The topological polar surface area (TPSA) is 89.6 Å². The number of carboxylic acid groups (broad SMARTS) is 1. The maximum atomic E-state index is 12.9. The average Bonchev–Trinajstić information content (AvgIpc) is 2.26. The van der Waals surface area contributed by atoms with E-state index in [0.29, 0.717) is 6.07 Å². The van der Waals surface area contributed by atoms with Crippen molar-refractivity contribution in [3.8, 4) is 5.75 Å². The van der Waals surface area contributed by atoms with Gasteiger partial charge in [0.25, 0.3) is 0 Å². The van der Waals surface area contributed by atoms with Crippen molar-refractivity contribution in [3.63, 3.8) is 0 Å². The lowest BCUT2D eigenvalue weighted by Crippen LogP contribution is -2.20. The number of hydrogen-bond donors (Lipinski definition) is 2. The Labute approximate surface area is 112 Å². The van der Waals surface area contributed by atoms with Gasteiger partial charge in [-0.3, -0.25) is 9.59 Å². The summed E-state index contributed by atoms with van der Waals surface area (Å²) in [7, 11) is 0. The van der Waals surface area contributed by atoms with E-state index in [1.807, 2.05) is 0 Å². The van der Waals surface area contributed by atoms with Crippen molar-refractivity contribution in [2.45, 2.75) is 25.6 Å². The molecule has 0 heterocycles. The Morgan fingerprint density at radius 3 is 2.45 bits per heavy atom. The number of primary amides is 1. The van der Waals surface area contributed by atoms with Gasteiger partial charge in [-0.2, -0.15) is 13.2 Å². The van der Waals surface area contributed by atoms with Crippen molar-refractivity contribution in [2.24, 2.45) is 5.73 Å². The van der Waals surface area contributed by atoms with Gasteiger partial charge in [-0.1, -0.05) is 0 Å². The molecular weight excluding hydrogens is 279 g/mol. The Morgan fingerprint density at radius 2 is 2.00 bits per heavy atom. The maximum Gasteiger partial charge on any atom is 0.419 e. The van der Waals surface area contributed by atoms with Crippen molar-refractivity contribution in [1.29, 1.82) is 0 Å². The molecule has 0 aromatic heterocycles. The number of hydrogen-bond acceptors (Lipinski definition) is 3. The quantitative estimate of drug-likeness (QED) is 0.868. The third-order valence-corrected chi connectivity index (χ3v) is 2.36. The van der Waals surface area contributed by atoms with Crippen molar-refractivity contribution >= 4 is 11.9 Å². The first-order chi connectivity index (χ1) is 9.11. The molecule has 1 rings (SSSR count). The van der Waals surface area contributed by atoms with Crippen LogP contribution < -0.4 is 10.5 Å². The van der Waals surface area contributed by atoms with Gasteiger partial charge in [-0.25, -0.2) is 0 Å². The molecule has 1 aromatic rings. The summed E-state index contributed by atoms with van der Waals surface area (Å²) in [5, 5.41) is 8.54. The van der Waals surface area contributed by atoms with Crippen molar-refractivity contribution < 1.29 is 32.6 Å². The summed E-state index contributed by atoms with van der Waals surface area (Å²) in [6.07, 6.45) is -6.15. The molecule has 0 saturated heterocycles. The van der Waals surface area contributed by atoms with Crippen LogP contribution in [-0.2, 0) is 11.0 Å². The standard InChI is InChI=1S/C12H12F3NO4/c1-6(4-10(17)18)20-9-3-2-7(11(16)19)5-8(9)12(13,14)15/h2-3,5-6H,4H2,1H3,(H2,16,19)(H,17,18)/t6-/m1/s1. The molecule has 110 valence electrons. The normalized spacial score (nSPS) is 12.8. The zero-order valence-corrected chi connectivity index (χ0v) is 10.4. The number of carbonyl (C=O) groups excluding carboxylic acids is 1. The van der Waals surface area contributed by atoms with Gasteiger partial charge in [0.15, 0.2) is 0 Å². The number of benzene rings is 1. The van der Waals surface area contributed by atoms with E-state index in [1.165, 1.54) is 6.92 Å². The van der Waals surface area contributed by atoms with E-state index >= 15 is 0 Å². The van der Waals surface area contributed by atoms with Crippen molar-refractivity contribution in [1.82, 2.24) is 0 Å². The molecule has 1 amide bonds. The van der Waals surface area contributed by atoms with E-state index in [1.54, 1.807) is 0 Å². The van der Waals surface area contributed by atoms with Crippen LogP contribution in [-0.4, -0.2) is 23.1 Å². The second-order valence-electron chi connectivity index (χ2n) is 4.10. The first-order valence-electron chi connectivity index (χ1n) is 5.50. The molecule has 1 aromatic carbocycles. The summed E-state index contributed by atoms with van der Waals surface area (Å²) < 4.78 is 43.5. The second-order valence-corrected chi connectivity index (χ2v) is 4.10. The van der Waals surface area contributed by atoms with Gasteiger partial charge >= 0.3 is 12.1 Å². The minimum absolute atomic E-state index is 0.310. The summed E-state index contributed by atoms with van der Waals surface area (Å²) >= 11 is 0. The van der Waals surface area contributed by atoms with Crippen molar-refractivity contribution in [2.75, 3.05) is 0 Å². The number of carboxylic acids is 1. The fraction of sp³-hybridized carbons (Fsp3) is 0.333. The van der Waals surface area contributed by atoms with Gasteiger partial charge in [0.2, 0.25) is 5.91 Å². The molecular formula is C12H12F3NO4. The van der Waals surface area contributed by atoms with Crippen LogP contribution in [0.5, 0.6) is 5.75 Å². The predicted molar refractivity (Wildman–Crippen MR) is 62.3 cm³/mol. The molecule has 0 spiro atoms. The molecule has 1 atom stereocenters. The zero-order chi connectivity index (χ0) is 15.5. The Balaban J connectivity index is 3.12. The first-order valence-corrected chi connectivity index (χ1v) is 5.50. The van der Waals surface area contributed by atoms with E-state index in [9.17, 15) is 22.8 Å². The van der Waals surface area contributed by atoms with Crippen LogP contribution in [0.3, 0.4) is 0 Å². The van der Waals surface area contributed by atoms with E-state index < -0.39 is 41.9 Å². The maximum absolute atomic E-state index is 12.9. The number of aliphatic carboxylic acids is 1. The summed E-state index contributed by atoms with van der Waals surface area (Å²) in [6.45, 7) is 1.33. The van der Waals surface area contributed by atoms with Gasteiger partial charge in [-0.05, 0) is 25.1 Å². The SMILES string of the molecule is C[C@H](CC(=O)O)Oc1ccc(C(N)=O)cc1C(F)(F)F. The summed E-state index contributed by atoms with van der Waals surface area (Å²) in [5.41, 5.74) is 3.43. The average molecular weight is 291 g/mol. The highest BCUT2D eigenvalue weighted by Gasteiger charge is 2.35. The van der Waals surface area contributed by atoms with Gasteiger partial charge in [0.1, 0.15) is 11.9 Å². The molecule has 3 N–H and O–H groups in total. The lowest BCUT2D eigenvalue weighted by Gasteiger charge is -2.18. The minimum Gasteiger partial charge on any atom is -0.489 e. The fourth-order valence-electron chi connectivity index (χ4n) is 1.51. The Morgan fingerprint density at radius 1 is 1.40 bits per heavy atom. The molecule has 5 nitrogen and oxygen atoms in total. The lowest BCUT2D eigenvalue weighted by atomic mass is 10.1. The highest BCUT2D eigenvalue weighted by Crippen LogP contribution is 2.37. The minimum atomic E-state index is -4.75. The number of carbonyl (C=O) groups is 2. The smallest absolute Gasteiger partial charge is 0.419 e. The highest BCUT2D eigenvalue weighted by molar-refractivity contribution is 5.93. The number of amides is 1. The van der Waals surface area contributed by atoms with Gasteiger partial charge < -0.3 is 15.6 Å². The van der Waals surface area contributed by atoms with Crippen LogP contribution in [0.25, 0.3) is 0 Å². The van der Waals surface area contributed by atoms with Crippen LogP contribution in [0.4, 0.5) is 13.2 Å². The van der Waals surface area contributed by atoms with Gasteiger partial charge in [0, 0.05) is 5.56 Å². The molecule has 20 heavy (non-hydrogen) atoms. The summed E-state index contributed by atoms with van der Waals surface area (Å²) in [6, 6.07) is 2.60. The first kappa shape index (κ1) is 15.8. The molecule has 0 unspecified atom stereocenters. The highest BCUT2D eigenvalue weighted by atomic mass is 19.4. The fourth-order valence-corrected chi connectivity index (χ4v) is 1.51. The monoisotopic (exact) mass is 291 g/mol. The van der Waals surface area contributed by atoms with E-state index in [4.69, 9.17) is 15.6 Å². The van der Waals surface area contributed by atoms with Gasteiger partial charge in [-0.15, -0.1) is 0 Å². The number of halogens is 3. The van der Waals surface area contributed by atoms with Crippen molar-refractivity contribution in [3.05, 3.63) is 29.3 Å². The van der Waals surface area contributed by atoms with Crippen LogP contribution in [0.2, 0.25) is 0 Å². The number of rotatable bonds is 5. The van der Waals surface area contributed by atoms with E-state index in [0.717, 1.165) is 12.1 Å². The third-order valence-electron chi connectivity index (χ3n) is 2.36. The number of nitrogens with two attached hydrogens (primary N) is 1. The summed E-state index contributed by atoms with van der Waals surface area (Å²) in [4.78, 5) is 21.4. The van der Waals surface area contributed by atoms with Crippen LogP contribution in [0, 0.1) is 0 Å². The Kier molecular flexibility index (Phi) is 4.59. The van der Waals surface area contributed by atoms with E-state index in [2.05, 4.69) is 0 Å². The zero-order valence-electron chi connectivity index (χ0n) is 10.4. The van der Waals surface area contributed by atoms with Gasteiger partial charge in [0.05, 0.1) is 12.0 Å². The van der Waals surface area contributed by atoms with Crippen LogP contribution >= 0.6 is 0 Å². The van der Waals surface area contributed by atoms with Crippen LogP contribution in [0.1, 0.15) is 29.3 Å². The van der Waals surface area contributed by atoms with E-state index in [-0.39, 0.29) is 5.56 Å². The predicted octanol–water partition coefficient (Wildman–Crippen LogP) is 2.05. The molecule has 0 aliphatic carbocycles. The van der Waals surface area contributed by atoms with Crippen LogP contribution in [0.15, 0.2) is 18.2 Å². The number of alkyl halides is 3. The largest absolute Gasteiger partial charge is 0.489 e. The molecule has 0 radical (unpaired) electrons. The molecule has 0 aliphatic rings. The Bertz CT molecular complexity index is 528. The second kappa shape index (κ2) is 5.81. The molecule has 0 aliphatic heterocycles. The summed E-state index contributed by atoms with van der Waals surface area (Å²) in [5.74, 6) is -2.74. The Hall–Kier alpha value is -2.25.